The predicted octanol–water partition coefficient (Wildman–Crippen LogP) is 13.3. The molecular weight excluding hydrogens is 707 g/mol. The number of hydrogen-bond acceptors (Lipinski definition) is 3. The molecule has 0 fully saturated rings. The van der Waals surface area contributed by atoms with E-state index in [0.29, 0.717) is 17.5 Å². The van der Waals surface area contributed by atoms with E-state index < -0.39 is 0 Å². The smallest absolute Gasteiger partial charge is 0.164 e. The Balaban J connectivity index is 1.13. The molecule has 0 saturated heterocycles. The maximum Gasteiger partial charge on any atom is 0.164 e. The highest BCUT2D eigenvalue weighted by Crippen LogP contribution is 2.41. The van der Waals surface area contributed by atoms with Gasteiger partial charge >= 0.3 is 0 Å². The fourth-order valence-electron chi connectivity index (χ4n) is 8.83. The maximum atomic E-state index is 5.08. The van der Waals surface area contributed by atoms with Gasteiger partial charge in [-0.15, -0.1) is 0 Å². The van der Waals surface area contributed by atoms with E-state index >= 15 is 0 Å². The molecule has 0 spiro atoms. The van der Waals surface area contributed by atoms with Crippen LogP contribution in [-0.4, -0.2) is 23.9 Å². The molecule has 270 valence electrons. The maximum absolute atomic E-state index is 5.08. The third-order valence-electron chi connectivity index (χ3n) is 11.5. The summed E-state index contributed by atoms with van der Waals surface area (Å²) >= 11 is 0. The number of fused-ring (bicyclic) bond motifs is 11. The summed E-state index contributed by atoms with van der Waals surface area (Å²) in [5.41, 5.74) is 12.1. The van der Waals surface area contributed by atoms with Crippen molar-refractivity contribution in [3.63, 3.8) is 0 Å². The fourth-order valence-corrected chi connectivity index (χ4v) is 8.83. The van der Waals surface area contributed by atoms with Crippen molar-refractivity contribution in [2.45, 2.75) is 0 Å². The molecule has 0 radical (unpaired) electrons. The Morgan fingerprint density at radius 1 is 0.276 bits per heavy atom. The Morgan fingerprint density at radius 3 is 1.52 bits per heavy atom. The minimum Gasteiger partial charge on any atom is -0.309 e. The molecule has 0 aliphatic heterocycles. The van der Waals surface area contributed by atoms with Crippen LogP contribution < -0.4 is 0 Å². The van der Waals surface area contributed by atoms with Crippen molar-refractivity contribution in [1.29, 1.82) is 0 Å². The lowest BCUT2D eigenvalue weighted by atomic mass is 10.0. The molecule has 4 aromatic heterocycles. The molecule has 4 heterocycles. The Bertz CT molecular complexity index is 3490. The zero-order valence-electron chi connectivity index (χ0n) is 31.3. The molecule has 0 N–H and O–H groups in total. The molecule has 0 saturated carbocycles. The van der Waals surface area contributed by atoms with E-state index in [1.54, 1.807) is 0 Å². The average molecular weight is 740 g/mol. The van der Waals surface area contributed by atoms with Crippen molar-refractivity contribution in [3.8, 4) is 51.0 Å². The minimum absolute atomic E-state index is 0.625. The fraction of sp³-hybridized carbons (Fsp3) is 0. The summed E-state index contributed by atoms with van der Waals surface area (Å²) in [7, 11) is 0. The van der Waals surface area contributed by atoms with Gasteiger partial charge in [0.05, 0.1) is 27.6 Å². The van der Waals surface area contributed by atoms with Crippen LogP contribution in [0.2, 0.25) is 0 Å². The van der Waals surface area contributed by atoms with Crippen LogP contribution in [0.1, 0.15) is 0 Å². The van der Waals surface area contributed by atoms with Crippen LogP contribution in [0.4, 0.5) is 0 Å². The van der Waals surface area contributed by atoms with Gasteiger partial charge in [-0.05, 0) is 65.0 Å². The van der Waals surface area contributed by atoms with Crippen molar-refractivity contribution < 1.29 is 0 Å². The van der Waals surface area contributed by atoms with Crippen molar-refractivity contribution in [3.05, 3.63) is 200 Å². The Kier molecular flexibility index (Phi) is 7.16. The molecule has 0 aliphatic carbocycles. The Labute approximate surface area is 333 Å². The number of rotatable bonds is 5. The summed E-state index contributed by atoms with van der Waals surface area (Å²) in [5, 5.41) is 7.36. The number of nitrogens with zero attached hydrogens (tertiary/aromatic N) is 5. The lowest BCUT2D eigenvalue weighted by Gasteiger charge is -2.12. The van der Waals surface area contributed by atoms with E-state index in [9.17, 15) is 0 Å². The zero-order chi connectivity index (χ0) is 38.2. The van der Waals surface area contributed by atoms with Gasteiger partial charge in [-0.3, -0.25) is 0 Å². The van der Waals surface area contributed by atoms with Crippen LogP contribution >= 0.6 is 0 Å². The van der Waals surface area contributed by atoms with Crippen molar-refractivity contribution in [1.82, 2.24) is 23.9 Å². The van der Waals surface area contributed by atoms with E-state index in [1.165, 1.54) is 60.0 Å². The second kappa shape index (κ2) is 12.8. The van der Waals surface area contributed by atoms with Gasteiger partial charge < -0.3 is 8.97 Å². The summed E-state index contributed by atoms with van der Waals surface area (Å²) in [6.07, 6.45) is 0. The van der Waals surface area contributed by atoms with Gasteiger partial charge in [0.2, 0.25) is 0 Å². The van der Waals surface area contributed by atoms with Gasteiger partial charge in [0, 0.05) is 49.3 Å². The van der Waals surface area contributed by atoms with E-state index in [0.717, 1.165) is 33.4 Å². The largest absolute Gasteiger partial charge is 0.309 e. The Morgan fingerprint density at radius 2 is 0.828 bits per heavy atom. The van der Waals surface area contributed by atoms with Crippen LogP contribution in [0, 0.1) is 0 Å². The van der Waals surface area contributed by atoms with Crippen molar-refractivity contribution in [2.24, 2.45) is 0 Å². The lowest BCUT2D eigenvalue weighted by molar-refractivity contribution is 1.07. The molecule has 12 rings (SSSR count). The summed E-state index contributed by atoms with van der Waals surface area (Å²) in [6.45, 7) is 0. The molecule has 12 aromatic rings. The molecule has 0 unspecified atom stereocenters. The number of pyridine rings is 1. The van der Waals surface area contributed by atoms with Crippen LogP contribution in [0.25, 0.3) is 111 Å². The van der Waals surface area contributed by atoms with Crippen LogP contribution in [0.3, 0.4) is 0 Å². The monoisotopic (exact) mass is 739 g/mol. The summed E-state index contributed by atoms with van der Waals surface area (Å²) in [6, 6.07) is 71.1. The van der Waals surface area contributed by atoms with E-state index in [2.05, 4.69) is 148 Å². The molecule has 0 bridgehead atoms. The second-order valence-electron chi connectivity index (χ2n) is 14.9. The number of para-hydroxylation sites is 1. The molecule has 5 nitrogen and oxygen atoms in total. The highest BCUT2D eigenvalue weighted by atomic mass is 15.0. The van der Waals surface area contributed by atoms with E-state index in [-0.39, 0.29) is 0 Å². The first-order chi connectivity index (χ1) is 28.7. The minimum atomic E-state index is 0.625. The second-order valence-corrected chi connectivity index (χ2v) is 14.9. The van der Waals surface area contributed by atoms with Gasteiger partial charge in [-0.2, -0.15) is 0 Å². The lowest BCUT2D eigenvalue weighted by Crippen LogP contribution is -2.01. The van der Waals surface area contributed by atoms with E-state index in [1.807, 2.05) is 60.7 Å². The van der Waals surface area contributed by atoms with Crippen molar-refractivity contribution in [2.75, 3.05) is 0 Å². The zero-order valence-corrected chi connectivity index (χ0v) is 31.3. The number of benzene rings is 8. The van der Waals surface area contributed by atoms with Gasteiger partial charge in [0.15, 0.2) is 17.5 Å². The van der Waals surface area contributed by atoms with Gasteiger partial charge in [-0.25, -0.2) is 15.0 Å². The SMILES string of the molecule is c1ccc(-c2ccc3c(c2)c2cc4cc5c6ccccc6c6ccccc6n5c4cc2n3-c2cccc(-c3nc(-c4ccccc4)nc(-c4ccccc4)n3)c2)cc1. The van der Waals surface area contributed by atoms with Gasteiger partial charge in [0.1, 0.15) is 0 Å². The molecule has 0 aliphatic rings. The standard InChI is InChI=1S/C53H33N5/c1-4-15-34(16-5-1)37-27-28-47-44(30-37)45-31-39-32-49-43-25-11-10-23-41(43)42-24-12-13-26-46(42)58(49)48(39)33-50(45)57(47)40-22-14-21-38(29-40)53-55-51(35-17-6-2-7-18-35)54-52(56-53)36-19-8-3-9-20-36/h1-33H. The normalized spacial score (nSPS) is 11.8. The number of aromatic nitrogens is 5. The summed E-state index contributed by atoms with van der Waals surface area (Å²) in [5.74, 6) is 1.91. The first-order valence-electron chi connectivity index (χ1n) is 19.6. The van der Waals surface area contributed by atoms with E-state index in [4.69, 9.17) is 15.0 Å². The van der Waals surface area contributed by atoms with Crippen LogP contribution in [-0.2, 0) is 0 Å². The Hall–Kier alpha value is -7.89. The first-order valence-corrected chi connectivity index (χ1v) is 19.6. The van der Waals surface area contributed by atoms with Crippen molar-refractivity contribution >= 4 is 59.9 Å². The number of hydrogen-bond donors (Lipinski definition) is 0. The molecule has 8 aromatic carbocycles. The van der Waals surface area contributed by atoms with Crippen LogP contribution in [0.15, 0.2) is 200 Å². The highest BCUT2D eigenvalue weighted by molar-refractivity contribution is 6.19. The first kappa shape index (κ1) is 32.4. The van der Waals surface area contributed by atoms with Crippen LogP contribution in [0.5, 0.6) is 0 Å². The molecule has 0 amide bonds. The molecule has 0 atom stereocenters. The topological polar surface area (TPSA) is 48.0 Å². The van der Waals surface area contributed by atoms with Gasteiger partial charge in [0.25, 0.3) is 0 Å². The third kappa shape index (κ3) is 5.07. The molecule has 5 heteroatoms. The van der Waals surface area contributed by atoms with Gasteiger partial charge in [-0.1, -0.05) is 152 Å². The predicted molar refractivity (Wildman–Crippen MR) is 239 cm³/mol. The highest BCUT2D eigenvalue weighted by Gasteiger charge is 2.19. The molecular formula is C53H33N5. The summed E-state index contributed by atoms with van der Waals surface area (Å²) < 4.78 is 4.85. The average Bonchev–Trinajstić information content (AvgIpc) is 3.84. The molecule has 58 heavy (non-hydrogen) atoms. The summed E-state index contributed by atoms with van der Waals surface area (Å²) in [4.78, 5) is 15.1. The quantitative estimate of drug-likeness (QED) is 0.165. The third-order valence-corrected chi connectivity index (χ3v) is 11.5.